The van der Waals surface area contributed by atoms with Crippen LogP contribution in [-0.4, -0.2) is 33.8 Å². The summed E-state index contributed by atoms with van der Waals surface area (Å²) in [4.78, 5) is 29.0. The Morgan fingerprint density at radius 1 is 1.31 bits per heavy atom. The van der Waals surface area contributed by atoms with Gasteiger partial charge < -0.3 is 10.1 Å². The van der Waals surface area contributed by atoms with Crippen molar-refractivity contribution < 1.29 is 18.7 Å². The molecule has 3 aromatic rings. The van der Waals surface area contributed by atoms with Crippen LogP contribution >= 0.6 is 11.3 Å². The molecule has 3 heterocycles. The number of hydrogen-bond acceptors (Lipinski definition) is 6. The third-order valence-corrected chi connectivity index (χ3v) is 5.69. The van der Waals surface area contributed by atoms with Crippen LogP contribution < -0.4 is 5.32 Å². The molecule has 1 aliphatic rings. The first kappa shape index (κ1) is 19.3. The van der Waals surface area contributed by atoms with Gasteiger partial charge >= 0.3 is 5.97 Å². The van der Waals surface area contributed by atoms with Gasteiger partial charge in [-0.05, 0) is 31.4 Å². The van der Waals surface area contributed by atoms with Crippen molar-refractivity contribution in [3.05, 3.63) is 58.1 Å². The largest absolute Gasteiger partial charge is 0.465 e. The summed E-state index contributed by atoms with van der Waals surface area (Å²) in [7, 11) is 1.33. The van der Waals surface area contributed by atoms with E-state index in [2.05, 4.69) is 15.4 Å². The summed E-state index contributed by atoms with van der Waals surface area (Å²) in [6.45, 7) is 0.821. The monoisotopic (exact) mass is 414 g/mol. The lowest BCUT2D eigenvalue weighted by Crippen LogP contribution is -2.24. The molecular weight excluding hydrogens is 395 g/mol. The Morgan fingerprint density at radius 2 is 2.14 bits per heavy atom. The third-order valence-electron chi connectivity index (χ3n) is 4.81. The fraction of sp³-hybridized carbons (Fsp3) is 0.300. The number of aromatic nitrogens is 3. The van der Waals surface area contributed by atoms with Gasteiger partial charge in [0.2, 0.25) is 0 Å². The minimum atomic E-state index is -0.451. The maximum Gasteiger partial charge on any atom is 0.341 e. The number of carbonyl (C=O) groups is 2. The lowest BCUT2D eigenvalue weighted by atomic mass is 10.0. The molecule has 9 heteroatoms. The highest BCUT2D eigenvalue weighted by atomic mass is 32.1. The zero-order chi connectivity index (χ0) is 20.4. The Balaban J connectivity index is 1.52. The number of amides is 1. The molecule has 150 valence electrons. The van der Waals surface area contributed by atoms with Gasteiger partial charge in [-0.15, -0.1) is 11.3 Å². The number of fused-ring (bicyclic) bond motifs is 1. The molecule has 2 aromatic heterocycles. The van der Waals surface area contributed by atoms with Crippen molar-refractivity contribution in [2.75, 3.05) is 7.11 Å². The van der Waals surface area contributed by atoms with Crippen LogP contribution in [0.4, 0.5) is 4.39 Å². The average molecular weight is 414 g/mol. The molecule has 0 saturated heterocycles. The van der Waals surface area contributed by atoms with Crippen LogP contribution in [-0.2, 0) is 24.2 Å². The molecule has 0 bridgehead atoms. The Morgan fingerprint density at radius 3 is 2.93 bits per heavy atom. The van der Waals surface area contributed by atoms with Crippen molar-refractivity contribution in [2.45, 2.75) is 32.4 Å². The molecule has 1 aliphatic heterocycles. The molecular formula is C20H19FN4O3S. The maximum absolute atomic E-state index is 13.9. The van der Waals surface area contributed by atoms with Crippen molar-refractivity contribution >= 4 is 23.2 Å². The number of esters is 1. The minimum absolute atomic E-state index is 0.0792. The lowest BCUT2D eigenvalue weighted by Gasteiger charge is -2.13. The number of rotatable bonds is 5. The van der Waals surface area contributed by atoms with Crippen LogP contribution in [0.2, 0.25) is 0 Å². The molecule has 0 fully saturated rings. The van der Waals surface area contributed by atoms with E-state index in [9.17, 15) is 14.0 Å². The normalized spacial score (nSPS) is 13.0. The summed E-state index contributed by atoms with van der Waals surface area (Å²) in [6, 6.07) is 6.29. The van der Waals surface area contributed by atoms with E-state index in [-0.39, 0.29) is 18.1 Å². The Kier molecular flexibility index (Phi) is 5.39. The van der Waals surface area contributed by atoms with Crippen molar-refractivity contribution in [2.24, 2.45) is 0 Å². The minimum Gasteiger partial charge on any atom is -0.465 e. The number of benzene rings is 1. The molecule has 0 aliphatic carbocycles. The van der Waals surface area contributed by atoms with Gasteiger partial charge in [-0.3, -0.25) is 9.48 Å². The van der Waals surface area contributed by atoms with E-state index in [0.717, 1.165) is 31.5 Å². The van der Waals surface area contributed by atoms with Crippen molar-refractivity contribution in [3.8, 4) is 10.6 Å². The van der Waals surface area contributed by atoms with Crippen LogP contribution in [0, 0.1) is 5.82 Å². The van der Waals surface area contributed by atoms with Gasteiger partial charge in [0, 0.05) is 17.5 Å². The van der Waals surface area contributed by atoms with E-state index in [1.54, 1.807) is 23.6 Å². The number of nitrogens with one attached hydrogen (secondary N) is 1. The first-order chi connectivity index (χ1) is 14.1. The molecule has 0 unspecified atom stereocenters. The van der Waals surface area contributed by atoms with Crippen molar-refractivity contribution in [1.29, 1.82) is 0 Å². The molecule has 7 nitrogen and oxygen atoms in total. The van der Waals surface area contributed by atoms with Crippen LogP contribution in [0.3, 0.4) is 0 Å². The Bertz CT molecular complexity index is 1080. The van der Waals surface area contributed by atoms with Gasteiger partial charge in [0.1, 0.15) is 22.1 Å². The predicted octanol–water partition coefficient (Wildman–Crippen LogP) is 3.20. The third kappa shape index (κ3) is 3.77. The van der Waals surface area contributed by atoms with Gasteiger partial charge in [0.05, 0.1) is 25.0 Å². The quantitative estimate of drug-likeness (QED) is 0.648. The summed E-state index contributed by atoms with van der Waals surface area (Å²) in [6.07, 6.45) is 2.74. The number of carbonyl (C=O) groups excluding carboxylic acids is 2. The van der Waals surface area contributed by atoms with Crippen LogP contribution in [0.15, 0.2) is 29.6 Å². The summed E-state index contributed by atoms with van der Waals surface area (Å²) < 4.78 is 20.7. The summed E-state index contributed by atoms with van der Waals surface area (Å²) in [5.74, 6) is -1.25. The van der Waals surface area contributed by atoms with E-state index < -0.39 is 11.9 Å². The van der Waals surface area contributed by atoms with E-state index in [1.807, 2.05) is 4.68 Å². The highest BCUT2D eigenvalue weighted by molar-refractivity contribution is 7.13. The predicted molar refractivity (Wildman–Crippen MR) is 105 cm³/mol. The fourth-order valence-electron chi connectivity index (χ4n) is 3.40. The first-order valence-corrected chi connectivity index (χ1v) is 10.1. The second-order valence-electron chi connectivity index (χ2n) is 6.64. The zero-order valence-electron chi connectivity index (χ0n) is 15.8. The SMILES string of the molecule is COC(=O)c1c(CNC(=O)c2csc(-c3ccccc3F)n2)nn2c1CCCC2. The molecule has 0 spiro atoms. The Labute approximate surface area is 170 Å². The number of aryl methyl sites for hydroxylation is 1. The van der Waals surface area contributed by atoms with Crippen LogP contribution in [0.1, 0.15) is 45.1 Å². The number of nitrogens with zero attached hydrogens (tertiary/aromatic N) is 3. The molecule has 1 N–H and O–H groups in total. The molecule has 1 amide bonds. The summed E-state index contributed by atoms with van der Waals surface area (Å²) >= 11 is 1.19. The second kappa shape index (κ2) is 8.12. The zero-order valence-corrected chi connectivity index (χ0v) is 16.6. The topological polar surface area (TPSA) is 86.1 Å². The van der Waals surface area contributed by atoms with Crippen LogP contribution in [0.5, 0.6) is 0 Å². The van der Waals surface area contributed by atoms with Gasteiger partial charge in [0.15, 0.2) is 0 Å². The maximum atomic E-state index is 13.9. The number of methoxy groups -OCH3 is 1. The molecule has 1 aromatic carbocycles. The van der Waals surface area contributed by atoms with E-state index in [1.165, 1.54) is 24.5 Å². The van der Waals surface area contributed by atoms with Gasteiger partial charge in [-0.1, -0.05) is 12.1 Å². The Hall–Kier alpha value is -3.07. The second-order valence-corrected chi connectivity index (χ2v) is 7.50. The smallest absolute Gasteiger partial charge is 0.341 e. The highest BCUT2D eigenvalue weighted by Gasteiger charge is 2.26. The van der Waals surface area contributed by atoms with Gasteiger partial charge in [-0.25, -0.2) is 14.2 Å². The summed E-state index contributed by atoms with van der Waals surface area (Å²) in [5, 5.41) is 9.25. The highest BCUT2D eigenvalue weighted by Crippen LogP contribution is 2.26. The standard InChI is InChI=1S/C20H19FN4O3S/c1-28-20(27)17-14(24-25-9-5-4-8-16(17)25)10-22-18(26)15-11-29-19(23-15)12-6-2-3-7-13(12)21/h2-3,6-7,11H,4-5,8-10H2,1H3,(H,22,26). The number of hydrogen-bond donors (Lipinski definition) is 1. The van der Waals surface area contributed by atoms with E-state index in [4.69, 9.17) is 4.74 Å². The molecule has 4 rings (SSSR count). The molecule has 0 atom stereocenters. The van der Waals surface area contributed by atoms with E-state index >= 15 is 0 Å². The molecule has 29 heavy (non-hydrogen) atoms. The molecule has 0 saturated carbocycles. The fourth-order valence-corrected chi connectivity index (χ4v) is 4.22. The van der Waals surface area contributed by atoms with Crippen molar-refractivity contribution in [1.82, 2.24) is 20.1 Å². The van der Waals surface area contributed by atoms with E-state index in [0.29, 0.717) is 21.8 Å². The van der Waals surface area contributed by atoms with Gasteiger partial charge in [0.25, 0.3) is 5.91 Å². The van der Waals surface area contributed by atoms with Crippen LogP contribution in [0.25, 0.3) is 10.6 Å². The molecule has 0 radical (unpaired) electrons. The number of ether oxygens (including phenoxy) is 1. The average Bonchev–Trinajstić information content (AvgIpc) is 3.36. The van der Waals surface area contributed by atoms with Gasteiger partial charge in [-0.2, -0.15) is 5.10 Å². The number of thiazole rings is 1. The number of halogens is 1. The summed E-state index contributed by atoms with van der Waals surface area (Å²) in [5.41, 5.74) is 2.30. The first-order valence-electron chi connectivity index (χ1n) is 9.24. The lowest BCUT2D eigenvalue weighted by molar-refractivity contribution is 0.0597. The van der Waals surface area contributed by atoms with Crippen molar-refractivity contribution in [3.63, 3.8) is 0 Å².